The van der Waals surface area contributed by atoms with Crippen LogP contribution in [0.3, 0.4) is 0 Å². The van der Waals surface area contributed by atoms with Gasteiger partial charge in [-0.2, -0.15) is 5.10 Å². The van der Waals surface area contributed by atoms with E-state index in [2.05, 4.69) is 13.0 Å². The molecule has 0 bridgehead atoms. The van der Waals surface area contributed by atoms with Crippen LogP contribution in [0.5, 0.6) is 0 Å². The lowest BCUT2D eigenvalue weighted by Crippen LogP contribution is -2.32. The van der Waals surface area contributed by atoms with E-state index in [0.717, 1.165) is 34.7 Å². The number of nitrogens with zero attached hydrogens (tertiary/aromatic N) is 2. The van der Waals surface area contributed by atoms with E-state index in [1.54, 1.807) is 11.9 Å². The highest BCUT2D eigenvalue weighted by atomic mass is 35.5. The maximum Gasteiger partial charge on any atom is 0.240 e. The van der Waals surface area contributed by atoms with Gasteiger partial charge in [-0.15, -0.1) is 0 Å². The van der Waals surface area contributed by atoms with Crippen molar-refractivity contribution in [3.05, 3.63) is 75.3 Å². The molecular formula is C23H22Cl2N2O. The molecule has 0 N–H and O–H groups in total. The molecule has 2 aliphatic rings. The molecule has 144 valence electrons. The van der Waals surface area contributed by atoms with Crippen molar-refractivity contribution in [3.8, 4) is 0 Å². The highest BCUT2D eigenvalue weighted by Crippen LogP contribution is 2.46. The second-order valence-corrected chi connectivity index (χ2v) is 8.59. The largest absolute Gasteiger partial charge is 0.273 e. The molecule has 3 atom stereocenters. The summed E-state index contributed by atoms with van der Waals surface area (Å²) in [5, 5.41) is 7.86. The second-order valence-electron chi connectivity index (χ2n) is 7.72. The first-order valence-corrected chi connectivity index (χ1v) is 10.3. The van der Waals surface area contributed by atoms with Crippen LogP contribution in [-0.2, 0) is 4.79 Å². The van der Waals surface area contributed by atoms with Crippen molar-refractivity contribution in [3.63, 3.8) is 0 Å². The summed E-state index contributed by atoms with van der Waals surface area (Å²) < 4.78 is 0. The molecule has 0 aromatic heterocycles. The first-order valence-electron chi connectivity index (χ1n) is 9.52. The summed E-state index contributed by atoms with van der Waals surface area (Å²) in [5.74, 6) is 0.664. The van der Waals surface area contributed by atoms with Crippen LogP contribution in [-0.4, -0.2) is 16.6 Å². The van der Waals surface area contributed by atoms with Gasteiger partial charge in [0.1, 0.15) is 0 Å². The highest BCUT2D eigenvalue weighted by molar-refractivity contribution is 6.30. The molecule has 1 heterocycles. The normalized spacial score (nSPS) is 25.6. The number of hydrogen-bond acceptors (Lipinski definition) is 2. The molecule has 3 nitrogen and oxygen atoms in total. The minimum atomic E-state index is -0.0823. The van der Waals surface area contributed by atoms with Crippen molar-refractivity contribution in [1.29, 1.82) is 0 Å². The average Bonchev–Trinajstić information content (AvgIpc) is 3.04. The van der Waals surface area contributed by atoms with Crippen LogP contribution in [0.15, 0.2) is 59.2 Å². The van der Waals surface area contributed by atoms with Crippen molar-refractivity contribution in [2.45, 2.75) is 32.7 Å². The zero-order valence-corrected chi connectivity index (χ0v) is 17.4. The number of hydrogen-bond donors (Lipinski definition) is 0. The SMILES string of the molecule is CC(=O)N1N=C2/C(=C/c3ccc(Cl)cc3)CC(C)CC2C1c1ccc(Cl)cc1. The van der Waals surface area contributed by atoms with Crippen LogP contribution in [0.2, 0.25) is 10.0 Å². The Balaban J connectivity index is 1.75. The number of rotatable bonds is 2. The fourth-order valence-corrected chi connectivity index (χ4v) is 4.56. The third-order valence-corrected chi connectivity index (χ3v) is 6.01. The van der Waals surface area contributed by atoms with Crippen LogP contribution in [0.4, 0.5) is 0 Å². The van der Waals surface area contributed by atoms with E-state index in [1.807, 2.05) is 48.5 Å². The van der Waals surface area contributed by atoms with Gasteiger partial charge in [0.25, 0.3) is 0 Å². The van der Waals surface area contributed by atoms with E-state index in [0.29, 0.717) is 10.9 Å². The molecule has 1 aliphatic heterocycles. The van der Waals surface area contributed by atoms with Crippen molar-refractivity contribution in [2.24, 2.45) is 16.9 Å². The Morgan fingerprint density at radius 3 is 2.29 bits per heavy atom. The first-order chi connectivity index (χ1) is 13.4. The summed E-state index contributed by atoms with van der Waals surface area (Å²) >= 11 is 12.1. The van der Waals surface area contributed by atoms with Gasteiger partial charge in [-0.1, -0.05) is 54.4 Å². The van der Waals surface area contributed by atoms with E-state index in [-0.39, 0.29) is 17.9 Å². The second kappa shape index (κ2) is 7.73. The van der Waals surface area contributed by atoms with Gasteiger partial charge in [0, 0.05) is 22.9 Å². The van der Waals surface area contributed by atoms with Crippen molar-refractivity contribution in [1.82, 2.24) is 5.01 Å². The van der Waals surface area contributed by atoms with Gasteiger partial charge in [0.2, 0.25) is 5.91 Å². The van der Waals surface area contributed by atoms with Gasteiger partial charge in [-0.25, -0.2) is 5.01 Å². The number of carbonyl (C=O) groups excluding carboxylic acids is 1. The minimum Gasteiger partial charge on any atom is -0.273 e. The molecule has 4 rings (SSSR count). The molecule has 0 saturated heterocycles. The summed E-state index contributed by atoms with van der Waals surface area (Å²) in [7, 11) is 0. The molecule has 28 heavy (non-hydrogen) atoms. The monoisotopic (exact) mass is 412 g/mol. The highest BCUT2D eigenvalue weighted by Gasteiger charge is 2.44. The predicted molar refractivity (Wildman–Crippen MR) is 115 cm³/mol. The zero-order valence-electron chi connectivity index (χ0n) is 15.9. The van der Waals surface area contributed by atoms with Crippen molar-refractivity contribution < 1.29 is 4.79 Å². The lowest BCUT2D eigenvalue weighted by molar-refractivity contribution is -0.131. The standard InChI is InChI=1S/C23H22Cl2N2O/c1-14-11-18(13-16-3-7-19(24)8-4-16)22-21(12-14)23(27(26-22)15(2)28)17-5-9-20(25)10-6-17/h3-10,13-14,21,23H,11-12H2,1-2H3/b18-13+. The lowest BCUT2D eigenvalue weighted by atomic mass is 9.73. The summed E-state index contributed by atoms with van der Waals surface area (Å²) in [6.45, 7) is 3.85. The summed E-state index contributed by atoms with van der Waals surface area (Å²) in [6.07, 6.45) is 4.14. The van der Waals surface area contributed by atoms with Gasteiger partial charge in [-0.3, -0.25) is 4.79 Å². The number of hydrazone groups is 1. The van der Waals surface area contributed by atoms with E-state index < -0.39 is 0 Å². The summed E-state index contributed by atoms with van der Waals surface area (Å²) in [4.78, 5) is 12.4. The molecule has 1 amide bonds. The fraction of sp³-hybridized carbons (Fsp3) is 0.304. The van der Waals surface area contributed by atoms with Gasteiger partial charge in [0.05, 0.1) is 11.8 Å². The Morgan fingerprint density at radius 2 is 1.68 bits per heavy atom. The molecule has 0 radical (unpaired) electrons. The summed E-state index contributed by atoms with van der Waals surface area (Å²) in [6, 6.07) is 15.5. The molecule has 1 saturated carbocycles. The van der Waals surface area contributed by atoms with E-state index >= 15 is 0 Å². The van der Waals surface area contributed by atoms with Crippen LogP contribution in [0.1, 0.15) is 43.9 Å². The Morgan fingerprint density at radius 1 is 1.07 bits per heavy atom. The molecular weight excluding hydrogens is 391 g/mol. The smallest absolute Gasteiger partial charge is 0.240 e. The van der Waals surface area contributed by atoms with Crippen molar-refractivity contribution >= 4 is 40.9 Å². The average molecular weight is 413 g/mol. The molecule has 1 fully saturated rings. The van der Waals surface area contributed by atoms with E-state index in [1.165, 1.54) is 5.57 Å². The third-order valence-electron chi connectivity index (χ3n) is 5.51. The topological polar surface area (TPSA) is 32.7 Å². The molecule has 0 spiro atoms. The van der Waals surface area contributed by atoms with E-state index in [9.17, 15) is 4.79 Å². The van der Waals surface area contributed by atoms with Crippen molar-refractivity contribution in [2.75, 3.05) is 0 Å². The van der Waals surface area contributed by atoms with Gasteiger partial charge in [-0.05, 0) is 65.8 Å². The minimum absolute atomic E-state index is 0.0413. The molecule has 2 aromatic carbocycles. The number of amides is 1. The van der Waals surface area contributed by atoms with Gasteiger partial charge >= 0.3 is 0 Å². The van der Waals surface area contributed by atoms with Crippen LogP contribution in [0.25, 0.3) is 6.08 Å². The van der Waals surface area contributed by atoms with Crippen LogP contribution in [0, 0.1) is 11.8 Å². The fourth-order valence-electron chi connectivity index (χ4n) is 4.30. The quantitative estimate of drug-likeness (QED) is 0.562. The first kappa shape index (κ1) is 19.2. The number of benzene rings is 2. The Labute approximate surface area is 175 Å². The van der Waals surface area contributed by atoms with Gasteiger partial charge < -0.3 is 0 Å². The molecule has 3 unspecified atom stereocenters. The summed E-state index contributed by atoms with van der Waals surface area (Å²) in [5.41, 5.74) is 4.40. The molecule has 1 aliphatic carbocycles. The maximum absolute atomic E-state index is 12.4. The Hall–Kier alpha value is -2.10. The maximum atomic E-state index is 12.4. The Bertz CT molecular complexity index is 948. The molecule has 2 aromatic rings. The van der Waals surface area contributed by atoms with Crippen LogP contribution >= 0.6 is 23.2 Å². The van der Waals surface area contributed by atoms with Crippen LogP contribution < -0.4 is 0 Å². The number of fused-ring (bicyclic) bond motifs is 1. The van der Waals surface area contributed by atoms with E-state index in [4.69, 9.17) is 28.3 Å². The number of allylic oxidation sites excluding steroid dienone is 1. The van der Waals surface area contributed by atoms with Gasteiger partial charge in [0.15, 0.2) is 0 Å². The number of halogens is 2. The third kappa shape index (κ3) is 3.74. The molecule has 5 heteroatoms. The number of carbonyl (C=O) groups is 1. The Kier molecular flexibility index (Phi) is 5.31. The zero-order chi connectivity index (χ0) is 19.8. The predicted octanol–water partition coefficient (Wildman–Crippen LogP) is 6.38. The lowest BCUT2D eigenvalue weighted by Gasteiger charge is -2.32.